The molecule has 4 aromatic rings. The molecule has 0 spiro atoms. The minimum absolute atomic E-state index is 0.161. The quantitative estimate of drug-likeness (QED) is 0.605. The van der Waals surface area contributed by atoms with Crippen LogP contribution in [-0.2, 0) is 6.54 Å². The molecule has 1 amide bonds. The van der Waals surface area contributed by atoms with Gasteiger partial charge in [-0.2, -0.15) is 0 Å². The summed E-state index contributed by atoms with van der Waals surface area (Å²) in [5.41, 5.74) is 2.01. The first-order valence-electron chi connectivity index (χ1n) is 8.50. The van der Waals surface area contributed by atoms with Gasteiger partial charge in [0.2, 0.25) is 0 Å². The second-order valence-corrected chi connectivity index (χ2v) is 6.22. The Labute approximate surface area is 155 Å². The molecule has 134 valence electrons. The molecule has 2 heterocycles. The van der Waals surface area contributed by atoms with Crippen molar-refractivity contribution in [2.75, 3.05) is 7.05 Å². The highest BCUT2D eigenvalue weighted by Gasteiger charge is 2.21. The number of fused-ring (bicyclic) bond motifs is 1. The van der Waals surface area contributed by atoms with Crippen molar-refractivity contribution in [3.63, 3.8) is 0 Å². The molecule has 4 rings (SSSR count). The highest BCUT2D eigenvalue weighted by atomic mass is 16.3. The number of aromatic amines is 1. The van der Waals surface area contributed by atoms with Crippen LogP contribution in [-0.4, -0.2) is 27.8 Å². The van der Waals surface area contributed by atoms with Crippen LogP contribution >= 0.6 is 0 Å². The molecular formula is C21H17N3O3. The van der Waals surface area contributed by atoms with Crippen LogP contribution in [0.25, 0.3) is 22.0 Å². The average molecular weight is 359 g/mol. The zero-order valence-corrected chi connectivity index (χ0v) is 14.7. The van der Waals surface area contributed by atoms with E-state index in [1.807, 2.05) is 36.4 Å². The van der Waals surface area contributed by atoms with Crippen molar-refractivity contribution in [2.24, 2.45) is 0 Å². The van der Waals surface area contributed by atoms with Crippen LogP contribution in [0.15, 0.2) is 76.1 Å². The second-order valence-electron chi connectivity index (χ2n) is 6.22. The van der Waals surface area contributed by atoms with Gasteiger partial charge >= 0.3 is 0 Å². The average Bonchev–Trinajstić information content (AvgIpc) is 3.18. The van der Waals surface area contributed by atoms with Crippen molar-refractivity contribution >= 4 is 16.8 Å². The molecule has 0 bridgehead atoms. The Bertz CT molecular complexity index is 1160. The van der Waals surface area contributed by atoms with E-state index in [1.54, 1.807) is 31.3 Å². The van der Waals surface area contributed by atoms with Gasteiger partial charge in [0.25, 0.3) is 11.5 Å². The smallest absolute Gasteiger partial charge is 0.290 e. The molecule has 6 heteroatoms. The Morgan fingerprint density at radius 2 is 1.81 bits per heavy atom. The summed E-state index contributed by atoms with van der Waals surface area (Å²) in [5, 5.41) is 0.521. The molecule has 0 aliphatic carbocycles. The minimum Gasteiger partial charge on any atom is -0.459 e. The number of amides is 1. The van der Waals surface area contributed by atoms with Crippen molar-refractivity contribution in [3.05, 3.63) is 88.9 Å². The van der Waals surface area contributed by atoms with Crippen LogP contribution in [0.1, 0.15) is 16.4 Å². The fourth-order valence-electron chi connectivity index (χ4n) is 3.00. The third-order valence-electron chi connectivity index (χ3n) is 4.34. The largest absolute Gasteiger partial charge is 0.459 e. The number of hydrogen-bond acceptors (Lipinski definition) is 4. The first-order valence-corrected chi connectivity index (χ1v) is 8.50. The number of aromatic nitrogens is 2. The van der Waals surface area contributed by atoms with Gasteiger partial charge in [-0.15, -0.1) is 0 Å². The monoisotopic (exact) mass is 359 g/mol. The molecule has 6 nitrogen and oxygen atoms in total. The molecule has 0 unspecified atom stereocenters. The highest BCUT2D eigenvalue weighted by Crippen LogP contribution is 2.25. The Balaban J connectivity index is 1.61. The Hall–Kier alpha value is -3.67. The van der Waals surface area contributed by atoms with E-state index >= 15 is 0 Å². The lowest BCUT2D eigenvalue weighted by molar-refractivity contribution is 0.0751. The summed E-state index contributed by atoms with van der Waals surface area (Å²) in [6.07, 6.45) is 1.50. The van der Waals surface area contributed by atoms with Crippen LogP contribution in [0.2, 0.25) is 0 Å². The van der Waals surface area contributed by atoms with Gasteiger partial charge in [0.1, 0.15) is 5.82 Å². The van der Waals surface area contributed by atoms with Gasteiger partial charge in [-0.3, -0.25) is 9.59 Å². The van der Waals surface area contributed by atoms with Gasteiger partial charge in [-0.1, -0.05) is 42.5 Å². The van der Waals surface area contributed by atoms with E-state index < -0.39 is 0 Å². The topological polar surface area (TPSA) is 79.2 Å². The van der Waals surface area contributed by atoms with Crippen molar-refractivity contribution < 1.29 is 9.21 Å². The molecule has 0 saturated carbocycles. The number of rotatable bonds is 4. The zero-order chi connectivity index (χ0) is 18.8. The van der Waals surface area contributed by atoms with Crippen molar-refractivity contribution in [1.29, 1.82) is 0 Å². The lowest BCUT2D eigenvalue weighted by Gasteiger charge is -2.16. The maximum absolute atomic E-state index is 12.9. The first kappa shape index (κ1) is 16.8. The number of furan rings is 1. The van der Waals surface area contributed by atoms with Crippen LogP contribution < -0.4 is 5.56 Å². The maximum atomic E-state index is 12.9. The molecule has 2 aromatic heterocycles. The lowest BCUT2D eigenvalue weighted by Crippen LogP contribution is -2.28. The number of hydrogen-bond donors (Lipinski definition) is 1. The van der Waals surface area contributed by atoms with Gasteiger partial charge in [-0.25, -0.2) is 4.98 Å². The van der Waals surface area contributed by atoms with Gasteiger partial charge in [0.05, 0.1) is 23.7 Å². The predicted molar refractivity (Wildman–Crippen MR) is 102 cm³/mol. The fourth-order valence-corrected chi connectivity index (χ4v) is 3.00. The van der Waals surface area contributed by atoms with Crippen LogP contribution in [0, 0.1) is 0 Å². The van der Waals surface area contributed by atoms with Gasteiger partial charge in [-0.05, 0) is 23.8 Å². The van der Waals surface area contributed by atoms with E-state index in [1.165, 1.54) is 11.2 Å². The standard InChI is InChI=1S/C21H17N3O3/c1-24(13-18-22-17-10-6-5-9-16(17)20(25)23-18)21(26)19-15(11-12-27-19)14-7-3-2-4-8-14/h2-12H,13H2,1H3,(H,22,23,25). The number of H-pyrrole nitrogens is 1. The SMILES string of the molecule is CN(Cc1nc2ccccc2c(=O)[nH]1)C(=O)c1occc1-c1ccccc1. The van der Waals surface area contributed by atoms with E-state index in [4.69, 9.17) is 4.42 Å². The van der Waals surface area contributed by atoms with Crippen molar-refractivity contribution in [2.45, 2.75) is 6.54 Å². The summed E-state index contributed by atoms with van der Waals surface area (Å²) in [5.74, 6) is 0.392. The van der Waals surface area contributed by atoms with E-state index in [0.717, 1.165) is 11.1 Å². The van der Waals surface area contributed by atoms with E-state index in [9.17, 15) is 9.59 Å². The fraction of sp³-hybridized carbons (Fsp3) is 0.0952. The van der Waals surface area contributed by atoms with E-state index in [2.05, 4.69) is 9.97 Å². The number of carbonyl (C=O) groups excluding carboxylic acids is 1. The molecule has 0 radical (unpaired) electrons. The maximum Gasteiger partial charge on any atom is 0.290 e. The van der Waals surface area contributed by atoms with Gasteiger partial charge in [0, 0.05) is 12.6 Å². The number of benzene rings is 2. The predicted octanol–water partition coefficient (Wildman–Crippen LogP) is 3.46. The molecule has 0 aliphatic rings. The number of nitrogens with zero attached hydrogens (tertiary/aromatic N) is 2. The van der Waals surface area contributed by atoms with E-state index in [-0.39, 0.29) is 23.8 Å². The van der Waals surface area contributed by atoms with Crippen molar-refractivity contribution in [1.82, 2.24) is 14.9 Å². The molecule has 2 aromatic carbocycles. The third kappa shape index (κ3) is 3.25. The first-order chi connectivity index (χ1) is 13.1. The number of carbonyl (C=O) groups is 1. The Morgan fingerprint density at radius 3 is 2.63 bits per heavy atom. The molecule has 0 saturated heterocycles. The number of para-hydroxylation sites is 1. The summed E-state index contributed by atoms with van der Waals surface area (Å²) < 4.78 is 5.45. The molecule has 0 atom stereocenters. The molecule has 27 heavy (non-hydrogen) atoms. The Morgan fingerprint density at radius 1 is 1.07 bits per heavy atom. The molecule has 0 fully saturated rings. The Kier molecular flexibility index (Phi) is 4.30. The summed E-state index contributed by atoms with van der Waals surface area (Å²) in [7, 11) is 1.65. The third-order valence-corrected chi connectivity index (χ3v) is 4.34. The molecule has 1 N–H and O–H groups in total. The van der Waals surface area contributed by atoms with Crippen LogP contribution in [0.3, 0.4) is 0 Å². The highest BCUT2D eigenvalue weighted by molar-refractivity contribution is 5.98. The minimum atomic E-state index is -0.283. The van der Waals surface area contributed by atoms with Gasteiger partial charge < -0.3 is 14.3 Å². The van der Waals surface area contributed by atoms with Gasteiger partial charge in [0.15, 0.2) is 5.76 Å². The van der Waals surface area contributed by atoms with Crippen molar-refractivity contribution in [3.8, 4) is 11.1 Å². The normalized spacial score (nSPS) is 10.9. The second kappa shape index (κ2) is 6.92. The number of nitrogens with one attached hydrogen (secondary N) is 1. The lowest BCUT2D eigenvalue weighted by atomic mass is 10.1. The summed E-state index contributed by atoms with van der Waals surface area (Å²) >= 11 is 0. The summed E-state index contributed by atoms with van der Waals surface area (Å²) in [6.45, 7) is 0.161. The molecular weight excluding hydrogens is 342 g/mol. The van der Waals surface area contributed by atoms with Crippen LogP contribution in [0.4, 0.5) is 0 Å². The zero-order valence-electron chi connectivity index (χ0n) is 14.7. The molecule has 0 aliphatic heterocycles. The van der Waals surface area contributed by atoms with Crippen LogP contribution in [0.5, 0.6) is 0 Å². The summed E-state index contributed by atoms with van der Waals surface area (Å²) in [4.78, 5) is 33.7. The summed E-state index contributed by atoms with van der Waals surface area (Å²) in [6, 6.07) is 18.4. The van der Waals surface area contributed by atoms with E-state index in [0.29, 0.717) is 16.7 Å².